The van der Waals surface area contributed by atoms with Crippen molar-refractivity contribution < 1.29 is 4.39 Å². The largest absolute Gasteiger partial charge is 0.346 e. The second-order valence-corrected chi connectivity index (χ2v) is 6.36. The highest BCUT2D eigenvalue weighted by molar-refractivity contribution is 5.79. The average molecular weight is 333 g/mol. The zero-order valence-corrected chi connectivity index (χ0v) is 14.0. The summed E-state index contributed by atoms with van der Waals surface area (Å²) < 4.78 is 12.9. The van der Waals surface area contributed by atoms with Crippen molar-refractivity contribution in [2.24, 2.45) is 0 Å². The van der Waals surface area contributed by atoms with Gasteiger partial charge in [0, 0.05) is 37.4 Å². The number of benzene rings is 1. The molecule has 1 N–H and O–H groups in total. The first-order valence-corrected chi connectivity index (χ1v) is 8.54. The quantitative estimate of drug-likeness (QED) is 0.760. The summed E-state index contributed by atoms with van der Waals surface area (Å²) in [6.07, 6.45) is 11.4. The Labute approximate surface area is 146 Å². The van der Waals surface area contributed by atoms with Gasteiger partial charge in [0.1, 0.15) is 11.5 Å². The SMILES string of the molecule is Fc1ccc(/C=C/C2=CCN(Cc3c[nH]c4ncccc34)CC2)cc1. The van der Waals surface area contributed by atoms with Crippen LogP contribution in [-0.2, 0) is 6.54 Å². The zero-order chi connectivity index (χ0) is 17.1. The number of nitrogens with zero attached hydrogens (tertiary/aromatic N) is 2. The molecule has 0 saturated heterocycles. The fourth-order valence-corrected chi connectivity index (χ4v) is 3.18. The summed E-state index contributed by atoms with van der Waals surface area (Å²) in [5, 5.41) is 1.20. The topological polar surface area (TPSA) is 31.9 Å². The van der Waals surface area contributed by atoms with Gasteiger partial charge in [-0.2, -0.15) is 0 Å². The van der Waals surface area contributed by atoms with Gasteiger partial charge < -0.3 is 4.98 Å². The lowest BCUT2D eigenvalue weighted by atomic mass is 10.1. The van der Waals surface area contributed by atoms with E-state index in [9.17, 15) is 4.39 Å². The Kier molecular flexibility index (Phi) is 4.44. The van der Waals surface area contributed by atoms with Gasteiger partial charge in [0.05, 0.1) is 0 Å². The molecular weight excluding hydrogens is 313 g/mol. The maximum atomic E-state index is 12.9. The van der Waals surface area contributed by atoms with Gasteiger partial charge in [0.2, 0.25) is 0 Å². The smallest absolute Gasteiger partial charge is 0.137 e. The lowest BCUT2D eigenvalue weighted by Gasteiger charge is -2.25. The Hall–Kier alpha value is -2.72. The summed E-state index contributed by atoms with van der Waals surface area (Å²) in [5.74, 6) is -0.197. The van der Waals surface area contributed by atoms with Crippen molar-refractivity contribution in [3.8, 4) is 0 Å². The summed E-state index contributed by atoms with van der Waals surface area (Å²) in [5.41, 5.74) is 4.60. The predicted octanol–water partition coefficient (Wildman–Crippen LogP) is 4.55. The minimum atomic E-state index is -0.197. The van der Waals surface area contributed by atoms with E-state index in [-0.39, 0.29) is 5.82 Å². The van der Waals surface area contributed by atoms with Gasteiger partial charge in [-0.3, -0.25) is 4.90 Å². The number of H-pyrrole nitrogens is 1. The van der Waals surface area contributed by atoms with Gasteiger partial charge in [-0.05, 0) is 47.4 Å². The summed E-state index contributed by atoms with van der Waals surface area (Å²) in [7, 11) is 0. The van der Waals surface area contributed by atoms with Crippen LogP contribution in [0, 0.1) is 5.82 Å². The number of fused-ring (bicyclic) bond motifs is 1. The molecule has 2 aromatic heterocycles. The molecule has 0 saturated carbocycles. The van der Waals surface area contributed by atoms with E-state index in [2.05, 4.69) is 39.3 Å². The first-order chi connectivity index (χ1) is 12.3. The number of rotatable bonds is 4. The third kappa shape index (κ3) is 3.69. The number of hydrogen-bond donors (Lipinski definition) is 1. The van der Waals surface area contributed by atoms with Crippen LogP contribution < -0.4 is 0 Å². The third-order valence-electron chi connectivity index (χ3n) is 4.62. The van der Waals surface area contributed by atoms with Crippen molar-refractivity contribution in [1.29, 1.82) is 0 Å². The Morgan fingerprint density at radius 1 is 1.16 bits per heavy atom. The highest BCUT2D eigenvalue weighted by Gasteiger charge is 2.13. The molecule has 0 fully saturated rings. The fraction of sp³-hybridized carbons (Fsp3) is 0.190. The van der Waals surface area contributed by atoms with E-state index in [4.69, 9.17) is 0 Å². The molecule has 126 valence electrons. The first kappa shape index (κ1) is 15.8. The van der Waals surface area contributed by atoms with Gasteiger partial charge in [0.15, 0.2) is 0 Å². The van der Waals surface area contributed by atoms with Crippen LogP contribution in [-0.4, -0.2) is 28.0 Å². The van der Waals surface area contributed by atoms with E-state index in [0.717, 1.165) is 37.3 Å². The predicted molar refractivity (Wildman–Crippen MR) is 99.5 cm³/mol. The second kappa shape index (κ2) is 7.03. The molecule has 0 spiro atoms. The van der Waals surface area contributed by atoms with Crippen molar-refractivity contribution in [2.45, 2.75) is 13.0 Å². The number of aromatic nitrogens is 2. The van der Waals surface area contributed by atoms with E-state index in [0.29, 0.717) is 0 Å². The number of aromatic amines is 1. The van der Waals surface area contributed by atoms with Crippen LogP contribution in [0.1, 0.15) is 17.5 Å². The minimum Gasteiger partial charge on any atom is -0.346 e. The maximum Gasteiger partial charge on any atom is 0.137 e. The third-order valence-corrected chi connectivity index (χ3v) is 4.62. The second-order valence-electron chi connectivity index (χ2n) is 6.36. The van der Waals surface area contributed by atoms with Crippen molar-refractivity contribution >= 4 is 17.1 Å². The van der Waals surface area contributed by atoms with Crippen molar-refractivity contribution in [3.05, 3.63) is 83.5 Å². The summed E-state index contributed by atoms with van der Waals surface area (Å²) in [6, 6.07) is 10.7. The molecule has 1 aromatic carbocycles. The van der Waals surface area contributed by atoms with Gasteiger partial charge in [-0.25, -0.2) is 9.37 Å². The molecule has 0 aliphatic carbocycles. The molecule has 0 atom stereocenters. The van der Waals surface area contributed by atoms with E-state index in [1.165, 1.54) is 28.7 Å². The van der Waals surface area contributed by atoms with Crippen molar-refractivity contribution in [2.75, 3.05) is 13.1 Å². The number of halogens is 1. The lowest BCUT2D eigenvalue weighted by molar-refractivity contribution is 0.288. The molecule has 0 amide bonds. The summed E-state index contributed by atoms with van der Waals surface area (Å²) >= 11 is 0. The molecule has 0 unspecified atom stereocenters. The normalized spacial score (nSPS) is 15.8. The molecule has 25 heavy (non-hydrogen) atoms. The summed E-state index contributed by atoms with van der Waals surface area (Å²) in [4.78, 5) is 10.0. The van der Waals surface area contributed by atoms with Crippen molar-refractivity contribution in [3.63, 3.8) is 0 Å². The molecule has 3 aromatic rings. The van der Waals surface area contributed by atoms with E-state index < -0.39 is 0 Å². The Balaban J connectivity index is 1.39. The fourth-order valence-electron chi connectivity index (χ4n) is 3.18. The number of hydrogen-bond acceptors (Lipinski definition) is 2. The van der Waals surface area contributed by atoms with E-state index in [1.54, 1.807) is 12.1 Å². The van der Waals surface area contributed by atoms with E-state index >= 15 is 0 Å². The first-order valence-electron chi connectivity index (χ1n) is 8.54. The standard InChI is InChI=1S/C21H20FN3/c22-19-7-5-16(6-8-19)3-4-17-9-12-25(13-10-17)15-18-14-24-21-20(18)2-1-11-23-21/h1-9,11,14H,10,12-13,15H2,(H,23,24)/b4-3+. The zero-order valence-electron chi connectivity index (χ0n) is 14.0. The minimum absolute atomic E-state index is 0.197. The molecule has 4 heteroatoms. The van der Waals surface area contributed by atoms with Crippen LogP contribution in [0.4, 0.5) is 4.39 Å². The highest BCUT2D eigenvalue weighted by Crippen LogP contribution is 2.20. The highest BCUT2D eigenvalue weighted by atomic mass is 19.1. The van der Waals surface area contributed by atoms with Crippen LogP contribution in [0.2, 0.25) is 0 Å². The van der Waals surface area contributed by atoms with Gasteiger partial charge in [-0.15, -0.1) is 0 Å². The van der Waals surface area contributed by atoms with Crippen LogP contribution in [0.3, 0.4) is 0 Å². The van der Waals surface area contributed by atoms with Crippen LogP contribution in [0.5, 0.6) is 0 Å². The molecule has 0 bridgehead atoms. The van der Waals surface area contributed by atoms with Gasteiger partial charge >= 0.3 is 0 Å². The summed E-state index contributed by atoms with van der Waals surface area (Å²) in [6.45, 7) is 2.90. The number of nitrogens with one attached hydrogen (secondary N) is 1. The molecule has 4 rings (SSSR count). The molecule has 1 aliphatic rings. The van der Waals surface area contributed by atoms with Crippen LogP contribution in [0.25, 0.3) is 17.1 Å². The Morgan fingerprint density at radius 3 is 2.84 bits per heavy atom. The average Bonchev–Trinajstić information content (AvgIpc) is 3.06. The number of allylic oxidation sites excluding steroid dienone is 1. The Morgan fingerprint density at radius 2 is 2.04 bits per heavy atom. The molecule has 1 aliphatic heterocycles. The molecule has 3 nitrogen and oxygen atoms in total. The molecular formula is C21H20FN3. The van der Waals surface area contributed by atoms with Gasteiger partial charge in [-0.1, -0.05) is 30.4 Å². The number of pyridine rings is 1. The van der Waals surface area contributed by atoms with Gasteiger partial charge in [0.25, 0.3) is 0 Å². The molecule has 3 heterocycles. The lowest BCUT2D eigenvalue weighted by Crippen LogP contribution is -2.27. The van der Waals surface area contributed by atoms with Crippen LogP contribution in [0.15, 0.2) is 66.5 Å². The Bertz CT molecular complexity index is 922. The van der Waals surface area contributed by atoms with E-state index in [1.807, 2.05) is 18.3 Å². The monoisotopic (exact) mass is 333 g/mol. The van der Waals surface area contributed by atoms with Crippen LogP contribution >= 0.6 is 0 Å². The molecule has 0 radical (unpaired) electrons. The maximum absolute atomic E-state index is 12.9. The van der Waals surface area contributed by atoms with Crippen molar-refractivity contribution in [1.82, 2.24) is 14.9 Å².